The van der Waals surface area contributed by atoms with Gasteiger partial charge < -0.3 is 5.73 Å². The summed E-state index contributed by atoms with van der Waals surface area (Å²) in [5.74, 6) is 0.0263. The van der Waals surface area contributed by atoms with Gasteiger partial charge >= 0.3 is 0 Å². The summed E-state index contributed by atoms with van der Waals surface area (Å²) < 4.78 is 15.9. The number of halogens is 2. The molecule has 0 bridgehead atoms. The van der Waals surface area contributed by atoms with Crippen molar-refractivity contribution in [2.45, 2.75) is 6.92 Å². The standard InChI is InChI=1S/C14H11BrFN3/c1-8-3-2-4-12-13(8)19(14(17)18-12)9-5-6-10(15)11(16)7-9/h2-7H,1H3,(H2,17,18). The van der Waals surface area contributed by atoms with Crippen LogP contribution in [-0.2, 0) is 0 Å². The first-order chi connectivity index (χ1) is 9.08. The molecule has 3 nitrogen and oxygen atoms in total. The molecule has 0 aliphatic heterocycles. The zero-order chi connectivity index (χ0) is 13.6. The number of imidazole rings is 1. The second-order valence-corrected chi connectivity index (χ2v) is 5.20. The van der Waals surface area contributed by atoms with Crippen LogP contribution in [0.3, 0.4) is 0 Å². The van der Waals surface area contributed by atoms with Crippen LogP contribution in [0.15, 0.2) is 40.9 Å². The zero-order valence-corrected chi connectivity index (χ0v) is 11.8. The van der Waals surface area contributed by atoms with Gasteiger partial charge in [0.25, 0.3) is 0 Å². The average molecular weight is 320 g/mol. The number of anilines is 1. The molecule has 96 valence electrons. The maximum Gasteiger partial charge on any atom is 0.205 e. The van der Waals surface area contributed by atoms with Crippen molar-refractivity contribution < 1.29 is 4.39 Å². The van der Waals surface area contributed by atoms with Crippen LogP contribution in [0.5, 0.6) is 0 Å². The molecule has 0 saturated heterocycles. The predicted octanol–water partition coefficient (Wildman–Crippen LogP) is 3.82. The molecule has 2 aromatic carbocycles. The Balaban J connectivity index is 2.35. The topological polar surface area (TPSA) is 43.8 Å². The molecule has 0 fully saturated rings. The summed E-state index contributed by atoms with van der Waals surface area (Å²) in [6.07, 6.45) is 0. The summed E-state index contributed by atoms with van der Waals surface area (Å²) in [6.45, 7) is 1.98. The predicted molar refractivity (Wildman–Crippen MR) is 77.9 cm³/mol. The minimum absolute atomic E-state index is 0.327. The van der Waals surface area contributed by atoms with Crippen LogP contribution in [-0.4, -0.2) is 9.55 Å². The van der Waals surface area contributed by atoms with Gasteiger partial charge in [0.15, 0.2) is 0 Å². The molecule has 1 heterocycles. The molecule has 0 aliphatic rings. The maximum absolute atomic E-state index is 13.7. The fourth-order valence-corrected chi connectivity index (χ4v) is 2.44. The second-order valence-electron chi connectivity index (χ2n) is 4.35. The van der Waals surface area contributed by atoms with Gasteiger partial charge in [0.1, 0.15) is 5.82 Å². The number of hydrogen-bond donors (Lipinski definition) is 1. The van der Waals surface area contributed by atoms with Crippen molar-refractivity contribution in [2.24, 2.45) is 0 Å². The fraction of sp³-hybridized carbons (Fsp3) is 0.0714. The SMILES string of the molecule is Cc1cccc2nc(N)n(-c3ccc(Br)c(F)c3)c12. The lowest BCUT2D eigenvalue weighted by molar-refractivity contribution is 0.620. The summed E-state index contributed by atoms with van der Waals surface area (Å²) in [5, 5.41) is 0. The molecule has 1 aromatic heterocycles. The number of aryl methyl sites for hydroxylation is 1. The van der Waals surface area contributed by atoms with Gasteiger partial charge in [-0.1, -0.05) is 12.1 Å². The quantitative estimate of drug-likeness (QED) is 0.741. The van der Waals surface area contributed by atoms with E-state index in [-0.39, 0.29) is 5.82 Å². The van der Waals surface area contributed by atoms with Gasteiger partial charge in [0.05, 0.1) is 21.2 Å². The molecule has 0 spiro atoms. The van der Waals surface area contributed by atoms with Crippen LogP contribution in [0.4, 0.5) is 10.3 Å². The third kappa shape index (κ3) is 1.90. The summed E-state index contributed by atoms with van der Waals surface area (Å²) in [4.78, 5) is 4.31. The van der Waals surface area contributed by atoms with Crippen molar-refractivity contribution >= 4 is 32.9 Å². The van der Waals surface area contributed by atoms with Crippen molar-refractivity contribution in [3.8, 4) is 5.69 Å². The van der Waals surface area contributed by atoms with Crippen LogP contribution in [0, 0.1) is 12.7 Å². The first-order valence-corrected chi connectivity index (χ1v) is 6.56. The molecule has 0 amide bonds. The third-order valence-corrected chi connectivity index (χ3v) is 3.71. The summed E-state index contributed by atoms with van der Waals surface area (Å²) in [5.41, 5.74) is 9.38. The minimum atomic E-state index is -0.327. The number of hydrogen-bond acceptors (Lipinski definition) is 2. The van der Waals surface area contributed by atoms with E-state index in [0.29, 0.717) is 16.1 Å². The van der Waals surface area contributed by atoms with Gasteiger partial charge in [0.2, 0.25) is 5.95 Å². The highest BCUT2D eigenvalue weighted by Crippen LogP contribution is 2.27. The number of benzene rings is 2. The average Bonchev–Trinajstić information content (AvgIpc) is 2.70. The Kier molecular flexibility index (Phi) is 2.78. The highest BCUT2D eigenvalue weighted by atomic mass is 79.9. The van der Waals surface area contributed by atoms with E-state index in [4.69, 9.17) is 5.73 Å². The van der Waals surface area contributed by atoms with Crippen molar-refractivity contribution in [1.29, 1.82) is 0 Å². The van der Waals surface area contributed by atoms with E-state index in [0.717, 1.165) is 16.6 Å². The lowest BCUT2D eigenvalue weighted by Gasteiger charge is -2.08. The van der Waals surface area contributed by atoms with Crippen LogP contribution in [0.1, 0.15) is 5.56 Å². The van der Waals surface area contributed by atoms with E-state index in [2.05, 4.69) is 20.9 Å². The number of nitrogen functional groups attached to an aromatic ring is 1. The van der Waals surface area contributed by atoms with Crippen molar-refractivity contribution in [3.05, 3.63) is 52.3 Å². The molecule has 3 rings (SSSR count). The van der Waals surface area contributed by atoms with Crippen LogP contribution in [0.25, 0.3) is 16.7 Å². The number of rotatable bonds is 1. The number of nitrogens with two attached hydrogens (primary N) is 1. The molecule has 19 heavy (non-hydrogen) atoms. The largest absolute Gasteiger partial charge is 0.369 e. The molecule has 3 aromatic rings. The summed E-state index contributed by atoms with van der Waals surface area (Å²) >= 11 is 3.14. The molecular weight excluding hydrogens is 309 g/mol. The lowest BCUT2D eigenvalue weighted by Crippen LogP contribution is -2.01. The van der Waals surface area contributed by atoms with Crippen LogP contribution >= 0.6 is 15.9 Å². The van der Waals surface area contributed by atoms with Crippen molar-refractivity contribution in [3.63, 3.8) is 0 Å². The van der Waals surface area contributed by atoms with E-state index in [1.165, 1.54) is 6.07 Å². The number of nitrogens with zero attached hydrogens (tertiary/aromatic N) is 2. The number of fused-ring (bicyclic) bond motifs is 1. The molecule has 0 saturated carbocycles. The maximum atomic E-state index is 13.7. The Morgan fingerprint density at radius 1 is 1.26 bits per heavy atom. The number of aromatic nitrogens is 2. The normalized spacial score (nSPS) is 11.1. The molecule has 0 radical (unpaired) electrons. The molecule has 0 aliphatic carbocycles. The lowest BCUT2D eigenvalue weighted by atomic mass is 10.2. The Hall–Kier alpha value is -1.88. The van der Waals surface area contributed by atoms with Crippen molar-refractivity contribution in [1.82, 2.24) is 9.55 Å². The van der Waals surface area contributed by atoms with E-state index < -0.39 is 0 Å². The summed E-state index contributed by atoms with van der Waals surface area (Å²) in [6, 6.07) is 10.7. The Morgan fingerprint density at radius 2 is 2.05 bits per heavy atom. The third-order valence-electron chi connectivity index (χ3n) is 3.07. The molecular formula is C14H11BrFN3. The first-order valence-electron chi connectivity index (χ1n) is 5.77. The van der Waals surface area contributed by atoms with Gasteiger partial charge in [-0.25, -0.2) is 9.37 Å². The highest BCUT2D eigenvalue weighted by molar-refractivity contribution is 9.10. The van der Waals surface area contributed by atoms with Gasteiger partial charge in [-0.3, -0.25) is 4.57 Å². The van der Waals surface area contributed by atoms with E-state index in [1.54, 1.807) is 16.7 Å². The van der Waals surface area contributed by atoms with E-state index in [9.17, 15) is 4.39 Å². The van der Waals surface area contributed by atoms with Crippen LogP contribution in [0.2, 0.25) is 0 Å². The molecule has 0 atom stereocenters. The molecule has 5 heteroatoms. The monoisotopic (exact) mass is 319 g/mol. The molecule has 2 N–H and O–H groups in total. The molecule has 0 unspecified atom stereocenters. The van der Waals surface area contributed by atoms with Gasteiger partial charge in [-0.05, 0) is 52.7 Å². The zero-order valence-electron chi connectivity index (χ0n) is 10.2. The van der Waals surface area contributed by atoms with Crippen molar-refractivity contribution in [2.75, 3.05) is 5.73 Å². The van der Waals surface area contributed by atoms with Crippen LogP contribution < -0.4 is 5.73 Å². The smallest absolute Gasteiger partial charge is 0.205 e. The first kappa shape index (κ1) is 12.2. The summed E-state index contributed by atoms with van der Waals surface area (Å²) in [7, 11) is 0. The minimum Gasteiger partial charge on any atom is -0.369 e. The number of para-hydroxylation sites is 1. The van der Waals surface area contributed by atoms with Gasteiger partial charge in [0, 0.05) is 0 Å². The van der Waals surface area contributed by atoms with E-state index >= 15 is 0 Å². The Morgan fingerprint density at radius 3 is 2.79 bits per heavy atom. The Bertz CT molecular complexity index is 780. The second kappa shape index (κ2) is 4.35. The Labute approximate surface area is 118 Å². The highest BCUT2D eigenvalue weighted by Gasteiger charge is 2.13. The van der Waals surface area contributed by atoms with Gasteiger partial charge in [-0.15, -0.1) is 0 Å². The van der Waals surface area contributed by atoms with E-state index in [1.807, 2.05) is 25.1 Å². The van der Waals surface area contributed by atoms with Gasteiger partial charge in [-0.2, -0.15) is 0 Å². The fourth-order valence-electron chi connectivity index (χ4n) is 2.20.